The maximum absolute atomic E-state index is 14.3. The summed E-state index contributed by atoms with van der Waals surface area (Å²) in [6, 6.07) is 24.0. The quantitative estimate of drug-likeness (QED) is 0.147. The van der Waals surface area contributed by atoms with Gasteiger partial charge in [-0.15, -0.1) is 0 Å². The molecule has 0 spiro atoms. The van der Waals surface area contributed by atoms with E-state index in [-0.39, 0.29) is 48.7 Å². The number of hydrogen-bond acceptors (Lipinski definition) is 8. The first-order chi connectivity index (χ1) is 22.7. The number of benzene rings is 4. The van der Waals surface area contributed by atoms with Crippen LogP contribution in [0.1, 0.15) is 16.9 Å². The first kappa shape index (κ1) is 31.2. The van der Waals surface area contributed by atoms with Crippen LogP contribution in [0.15, 0.2) is 106 Å². The molecule has 47 heavy (non-hydrogen) atoms. The van der Waals surface area contributed by atoms with Crippen molar-refractivity contribution < 1.29 is 46.1 Å². The van der Waals surface area contributed by atoms with Crippen molar-refractivity contribution in [2.24, 2.45) is 0 Å². The second-order valence-corrected chi connectivity index (χ2v) is 10.5. The number of ether oxygens (including phenoxy) is 4. The van der Waals surface area contributed by atoms with Crippen molar-refractivity contribution in [3.63, 3.8) is 0 Å². The van der Waals surface area contributed by atoms with Crippen molar-refractivity contribution in [3.8, 4) is 28.4 Å². The molecule has 4 aromatic carbocycles. The fourth-order valence-electron chi connectivity index (χ4n) is 5.04. The number of amides is 1. The fourth-order valence-corrected chi connectivity index (χ4v) is 5.04. The van der Waals surface area contributed by atoms with Gasteiger partial charge in [-0.1, -0.05) is 66.7 Å². The Balaban J connectivity index is 1.28. The summed E-state index contributed by atoms with van der Waals surface area (Å²) in [5, 5.41) is 2.33. The van der Waals surface area contributed by atoms with Gasteiger partial charge in [0.25, 0.3) is 0 Å². The SMILES string of the molecule is O=C(NC(Cc1ccccc1)C(=O)Oc1ccc2c(=O)c(-c3ccc4c(c3)OCCO4)c(C(F)(F)F)oc2c1)OCc1ccccc1. The summed E-state index contributed by atoms with van der Waals surface area (Å²) in [7, 11) is 0. The van der Waals surface area contributed by atoms with Crippen LogP contribution in [0.5, 0.6) is 17.2 Å². The van der Waals surface area contributed by atoms with E-state index in [0.717, 1.165) is 11.6 Å². The molecule has 9 nitrogen and oxygen atoms in total. The lowest BCUT2D eigenvalue weighted by molar-refractivity contribution is -0.152. The number of esters is 1. The maximum atomic E-state index is 14.3. The zero-order valence-corrected chi connectivity index (χ0v) is 24.5. The summed E-state index contributed by atoms with van der Waals surface area (Å²) in [6.07, 6.45) is -5.90. The molecular weight excluding hydrogens is 619 g/mol. The summed E-state index contributed by atoms with van der Waals surface area (Å²) >= 11 is 0. The number of carbonyl (C=O) groups excluding carboxylic acids is 2. The Morgan fingerprint density at radius 3 is 2.21 bits per heavy atom. The first-order valence-electron chi connectivity index (χ1n) is 14.5. The monoisotopic (exact) mass is 645 g/mol. The molecule has 0 fully saturated rings. The molecule has 0 radical (unpaired) electrons. The van der Waals surface area contributed by atoms with Crippen LogP contribution in [0.25, 0.3) is 22.1 Å². The molecule has 1 atom stereocenters. The van der Waals surface area contributed by atoms with Gasteiger partial charge in [-0.05, 0) is 41.0 Å². The largest absolute Gasteiger partial charge is 0.486 e. The minimum Gasteiger partial charge on any atom is -0.486 e. The lowest BCUT2D eigenvalue weighted by Crippen LogP contribution is -2.44. The minimum atomic E-state index is -5.05. The topological polar surface area (TPSA) is 113 Å². The molecule has 0 saturated heterocycles. The zero-order valence-electron chi connectivity index (χ0n) is 24.5. The Hall–Kier alpha value is -5.78. The average Bonchev–Trinajstić information content (AvgIpc) is 3.07. The molecule has 1 aliphatic rings. The standard InChI is InChI=1S/C35H26F3NO8/c36-35(37,38)32-30(23-11-14-27-29(18-23)44-16-15-43-27)31(40)25-13-12-24(19-28(25)47-32)46-33(41)26(17-21-7-3-1-4-8-21)39-34(42)45-20-22-9-5-2-6-10-22/h1-14,18-19,26H,15-17,20H2,(H,39,42). The van der Waals surface area contributed by atoms with Crippen LogP contribution < -0.4 is 25.0 Å². The number of alkyl carbamates (subject to hydrolysis) is 1. The first-order valence-corrected chi connectivity index (χ1v) is 14.5. The van der Waals surface area contributed by atoms with E-state index in [2.05, 4.69) is 5.32 Å². The minimum absolute atomic E-state index is 0.0277. The average molecular weight is 646 g/mol. The van der Waals surface area contributed by atoms with Gasteiger partial charge in [0.05, 0.1) is 10.9 Å². The smallest absolute Gasteiger partial charge is 0.450 e. The van der Waals surface area contributed by atoms with E-state index in [1.54, 1.807) is 54.6 Å². The zero-order chi connectivity index (χ0) is 33.0. The highest BCUT2D eigenvalue weighted by Gasteiger charge is 2.40. The third-order valence-corrected chi connectivity index (χ3v) is 7.24. The van der Waals surface area contributed by atoms with Crippen molar-refractivity contribution in [2.75, 3.05) is 13.2 Å². The van der Waals surface area contributed by atoms with Gasteiger partial charge in [0.1, 0.15) is 37.2 Å². The van der Waals surface area contributed by atoms with Crippen molar-refractivity contribution in [2.45, 2.75) is 25.2 Å². The molecule has 1 unspecified atom stereocenters. The van der Waals surface area contributed by atoms with Crippen LogP contribution >= 0.6 is 0 Å². The fraction of sp³-hybridized carbons (Fsp3) is 0.171. The molecule has 0 saturated carbocycles. The van der Waals surface area contributed by atoms with Gasteiger partial charge >= 0.3 is 18.2 Å². The molecule has 1 aromatic heterocycles. The van der Waals surface area contributed by atoms with Crippen LogP contribution in [-0.4, -0.2) is 31.3 Å². The lowest BCUT2D eigenvalue weighted by atomic mass is 10.0. The summed E-state index contributed by atoms with van der Waals surface area (Å²) in [5.41, 5.74) is -0.738. The van der Waals surface area contributed by atoms with Crippen LogP contribution in [-0.2, 0) is 28.7 Å². The maximum Gasteiger partial charge on any atom is 0.450 e. The van der Waals surface area contributed by atoms with Gasteiger partial charge in [0.2, 0.25) is 11.2 Å². The van der Waals surface area contributed by atoms with E-state index in [9.17, 15) is 27.6 Å². The number of alkyl halides is 3. The van der Waals surface area contributed by atoms with Crippen LogP contribution in [0.4, 0.5) is 18.0 Å². The van der Waals surface area contributed by atoms with Crippen LogP contribution in [0.3, 0.4) is 0 Å². The van der Waals surface area contributed by atoms with Crippen molar-refractivity contribution in [1.82, 2.24) is 5.32 Å². The Kier molecular flexibility index (Phi) is 8.83. The number of hydrogen-bond donors (Lipinski definition) is 1. The van der Waals surface area contributed by atoms with Gasteiger partial charge in [-0.25, -0.2) is 9.59 Å². The normalized spacial score (nSPS) is 13.1. The van der Waals surface area contributed by atoms with Gasteiger partial charge in [-0.2, -0.15) is 13.2 Å². The van der Waals surface area contributed by atoms with E-state index in [0.29, 0.717) is 11.3 Å². The van der Waals surface area contributed by atoms with Gasteiger partial charge in [0.15, 0.2) is 11.5 Å². The highest BCUT2D eigenvalue weighted by molar-refractivity contribution is 5.87. The summed E-state index contributed by atoms with van der Waals surface area (Å²) in [4.78, 5) is 39.5. The number of carbonyl (C=O) groups is 2. The highest BCUT2D eigenvalue weighted by atomic mass is 19.4. The second-order valence-electron chi connectivity index (χ2n) is 10.5. The Morgan fingerprint density at radius 2 is 1.51 bits per heavy atom. The molecule has 0 aliphatic carbocycles. The lowest BCUT2D eigenvalue weighted by Gasteiger charge is -2.20. The molecule has 1 N–H and O–H groups in total. The highest BCUT2D eigenvalue weighted by Crippen LogP contribution is 2.40. The van der Waals surface area contributed by atoms with E-state index in [4.69, 9.17) is 23.4 Å². The predicted molar refractivity (Wildman–Crippen MR) is 163 cm³/mol. The molecule has 2 heterocycles. The number of rotatable bonds is 8. The van der Waals surface area contributed by atoms with Crippen molar-refractivity contribution in [3.05, 3.63) is 124 Å². The second kappa shape index (κ2) is 13.3. The number of halogens is 3. The van der Waals surface area contributed by atoms with Crippen LogP contribution in [0, 0.1) is 0 Å². The Labute approximate surface area is 265 Å². The van der Waals surface area contributed by atoms with E-state index in [1.165, 1.54) is 30.3 Å². The van der Waals surface area contributed by atoms with E-state index in [1.807, 2.05) is 6.07 Å². The van der Waals surface area contributed by atoms with Crippen LogP contribution in [0.2, 0.25) is 0 Å². The summed E-state index contributed by atoms with van der Waals surface area (Å²) in [6.45, 7) is 0.443. The third kappa shape index (κ3) is 7.22. The molecule has 1 aliphatic heterocycles. The van der Waals surface area contributed by atoms with Gasteiger partial charge in [0, 0.05) is 12.5 Å². The molecule has 6 rings (SSSR count). The summed E-state index contributed by atoms with van der Waals surface area (Å²) in [5.74, 6) is -2.11. The molecule has 0 bridgehead atoms. The Morgan fingerprint density at radius 1 is 0.830 bits per heavy atom. The molecular formula is C35H26F3NO8. The van der Waals surface area contributed by atoms with E-state index >= 15 is 0 Å². The molecule has 240 valence electrons. The summed E-state index contributed by atoms with van der Waals surface area (Å²) < 4.78 is 69.8. The van der Waals surface area contributed by atoms with Gasteiger partial charge in [-0.3, -0.25) is 4.79 Å². The predicted octanol–water partition coefficient (Wildman–Crippen LogP) is 6.69. The number of fused-ring (bicyclic) bond motifs is 2. The third-order valence-electron chi connectivity index (χ3n) is 7.24. The molecule has 12 heteroatoms. The Bertz CT molecular complexity index is 1980. The molecule has 5 aromatic rings. The number of nitrogens with one attached hydrogen (secondary N) is 1. The van der Waals surface area contributed by atoms with Crippen molar-refractivity contribution >= 4 is 23.0 Å². The molecule has 1 amide bonds. The van der Waals surface area contributed by atoms with E-state index < -0.39 is 46.6 Å². The van der Waals surface area contributed by atoms with Crippen molar-refractivity contribution in [1.29, 1.82) is 0 Å². The van der Waals surface area contributed by atoms with Gasteiger partial charge < -0.3 is 28.7 Å².